The van der Waals surface area contributed by atoms with Crippen molar-refractivity contribution in [1.82, 2.24) is 19.7 Å². The number of furan rings is 1. The first-order valence-electron chi connectivity index (χ1n) is 10.8. The van der Waals surface area contributed by atoms with Gasteiger partial charge < -0.3 is 9.32 Å². The van der Waals surface area contributed by atoms with Crippen molar-refractivity contribution in [3.8, 4) is 17.3 Å². The Morgan fingerprint density at radius 3 is 2.66 bits per heavy atom. The maximum Gasteiger partial charge on any atom is 0.254 e. The molecule has 7 heteroatoms. The van der Waals surface area contributed by atoms with E-state index in [4.69, 9.17) is 4.42 Å². The predicted octanol–water partition coefficient (Wildman–Crippen LogP) is 5.36. The molecule has 0 bridgehead atoms. The van der Waals surface area contributed by atoms with Gasteiger partial charge in [-0.05, 0) is 61.2 Å². The Hall–Kier alpha value is -3.32. The highest BCUT2D eigenvalue weighted by Crippen LogP contribution is 2.31. The second-order valence-corrected chi connectivity index (χ2v) is 8.85. The van der Waals surface area contributed by atoms with Crippen LogP contribution < -0.4 is 0 Å². The largest absolute Gasteiger partial charge is 0.461 e. The number of hydrogen-bond acceptors (Lipinski definition) is 5. The molecule has 0 radical (unpaired) electrons. The minimum absolute atomic E-state index is 0.120. The van der Waals surface area contributed by atoms with Crippen LogP contribution in [0.4, 0.5) is 0 Å². The van der Waals surface area contributed by atoms with E-state index in [0.717, 1.165) is 53.5 Å². The Bertz CT molecular complexity index is 1230. The zero-order valence-electron chi connectivity index (χ0n) is 17.9. The van der Waals surface area contributed by atoms with Crippen LogP contribution in [-0.4, -0.2) is 38.7 Å². The lowest BCUT2D eigenvalue weighted by molar-refractivity contribution is 0.0792. The average molecular weight is 445 g/mol. The van der Waals surface area contributed by atoms with Gasteiger partial charge in [0.25, 0.3) is 5.91 Å². The number of aryl methyl sites for hydroxylation is 1. The van der Waals surface area contributed by atoms with Crippen LogP contribution >= 0.6 is 11.8 Å². The number of rotatable bonds is 6. The van der Waals surface area contributed by atoms with E-state index in [1.54, 1.807) is 18.0 Å². The molecule has 0 atom stereocenters. The molecule has 0 saturated carbocycles. The number of carbonyl (C=O) groups excluding carboxylic acids is 1. The summed E-state index contributed by atoms with van der Waals surface area (Å²) in [5.41, 5.74) is 3.91. The third-order valence-corrected chi connectivity index (χ3v) is 6.61. The van der Waals surface area contributed by atoms with E-state index in [-0.39, 0.29) is 5.91 Å². The summed E-state index contributed by atoms with van der Waals surface area (Å²) < 4.78 is 7.63. The van der Waals surface area contributed by atoms with E-state index in [1.807, 2.05) is 58.0 Å². The summed E-state index contributed by atoms with van der Waals surface area (Å²) in [7, 11) is 0. The molecule has 2 aromatic carbocycles. The van der Waals surface area contributed by atoms with E-state index >= 15 is 0 Å². The number of thioether (sulfide) groups is 1. The van der Waals surface area contributed by atoms with Gasteiger partial charge in [-0.2, -0.15) is 0 Å². The summed E-state index contributed by atoms with van der Waals surface area (Å²) in [6.45, 7) is 3.75. The van der Waals surface area contributed by atoms with Crippen molar-refractivity contribution in [2.75, 3.05) is 13.1 Å². The molecule has 1 amide bonds. The Morgan fingerprint density at radius 2 is 1.88 bits per heavy atom. The number of nitrogens with zero attached hydrogens (tertiary/aromatic N) is 4. The topological polar surface area (TPSA) is 64.2 Å². The zero-order chi connectivity index (χ0) is 21.9. The molecule has 0 unspecified atom stereocenters. The SMILES string of the molecule is Cc1cccc(-n2c(SCc3ccccc3C(=O)N3CCCC3)nnc2-c2ccco2)c1. The number of benzene rings is 2. The third-order valence-electron chi connectivity index (χ3n) is 5.63. The number of likely N-dealkylation sites (tertiary alicyclic amines) is 1. The van der Waals surface area contributed by atoms with Crippen LogP contribution in [0.2, 0.25) is 0 Å². The van der Waals surface area contributed by atoms with Crippen molar-refractivity contribution in [2.24, 2.45) is 0 Å². The summed E-state index contributed by atoms with van der Waals surface area (Å²) in [6.07, 6.45) is 3.80. The van der Waals surface area contributed by atoms with Crippen molar-refractivity contribution in [3.63, 3.8) is 0 Å². The number of hydrogen-bond donors (Lipinski definition) is 0. The molecule has 0 spiro atoms. The van der Waals surface area contributed by atoms with Gasteiger partial charge in [-0.25, -0.2) is 0 Å². The van der Waals surface area contributed by atoms with Crippen LogP contribution in [0, 0.1) is 6.92 Å². The molecule has 2 aromatic heterocycles. The Labute approximate surface area is 191 Å². The van der Waals surface area contributed by atoms with Crippen LogP contribution in [0.5, 0.6) is 0 Å². The molecule has 3 heterocycles. The molecular weight excluding hydrogens is 420 g/mol. The van der Waals surface area contributed by atoms with Gasteiger partial charge in [-0.15, -0.1) is 10.2 Å². The molecule has 162 valence electrons. The van der Waals surface area contributed by atoms with Crippen molar-refractivity contribution in [1.29, 1.82) is 0 Å². The number of aromatic nitrogens is 3. The lowest BCUT2D eigenvalue weighted by Gasteiger charge is -2.17. The van der Waals surface area contributed by atoms with Crippen LogP contribution in [0.1, 0.15) is 34.3 Å². The van der Waals surface area contributed by atoms with Gasteiger partial charge in [0.2, 0.25) is 5.82 Å². The van der Waals surface area contributed by atoms with Gasteiger partial charge in [-0.1, -0.05) is 42.1 Å². The van der Waals surface area contributed by atoms with Crippen LogP contribution in [0.15, 0.2) is 76.5 Å². The molecule has 0 aliphatic carbocycles. The Morgan fingerprint density at radius 1 is 1.03 bits per heavy atom. The molecule has 0 N–H and O–H groups in total. The molecule has 6 nitrogen and oxygen atoms in total. The summed E-state index contributed by atoms with van der Waals surface area (Å²) in [6, 6.07) is 19.8. The first-order chi connectivity index (χ1) is 15.7. The second-order valence-electron chi connectivity index (χ2n) is 7.90. The van der Waals surface area contributed by atoms with Crippen molar-refractivity contribution in [3.05, 3.63) is 83.6 Å². The van der Waals surface area contributed by atoms with E-state index in [0.29, 0.717) is 17.3 Å². The maximum absolute atomic E-state index is 13.0. The lowest BCUT2D eigenvalue weighted by atomic mass is 10.1. The van der Waals surface area contributed by atoms with Crippen molar-refractivity contribution < 1.29 is 9.21 Å². The normalized spacial score (nSPS) is 13.6. The monoisotopic (exact) mass is 444 g/mol. The minimum atomic E-state index is 0.120. The zero-order valence-corrected chi connectivity index (χ0v) is 18.7. The van der Waals surface area contributed by atoms with Crippen LogP contribution in [-0.2, 0) is 5.75 Å². The van der Waals surface area contributed by atoms with Gasteiger partial charge in [0, 0.05) is 24.4 Å². The molecule has 1 saturated heterocycles. The molecule has 1 aliphatic rings. The van der Waals surface area contributed by atoms with Crippen LogP contribution in [0.25, 0.3) is 17.3 Å². The van der Waals surface area contributed by atoms with E-state index < -0.39 is 0 Å². The highest BCUT2D eigenvalue weighted by molar-refractivity contribution is 7.98. The highest BCUT2D eigenvalue weighted by atomic mass is 32.2. The molecule has 5 rings (SSSR count). The van der Waals surface area contributed by atoms with Crippen molar-refractivity contribution in [2.45, 2.75) is 30.7 Å². The van der Waals surface area contributed by atoms with E-state index in [1.165, 1.54) is 0 Å². The third kappa shape index (κ3) is 4.08. The van der Waals surface area contributed by atoms with E-state index in [2.05, 4.69) is 29.3 Å². The number of carbonyl (C=O) groups is 1. The molecule has 1 fully saturated rings. The summed E-state index contributed by atoms with van der Waals surface area (Å²) in [5.74, 6) is 2.06. The maximum atomic E-state index is 13.0. The number of amides is 1. The Kier molecular flexibility index (Phi) is 5.81. The first kappa shape index (κ1) is 20.6. The Balaban J connectivity index is 1.47. The lowest BCUT2D eigenvalue weighted by Crippen LogP contribution is -2.28. The quantitative estimate of drug-likeness (QED) is 0.375. The molecule has 32 heavy (non-hydrogen) atoms. The van der Waals surface area contributed by atoms with Gasteiger partial charge in [-0.3, -0.25) is 9.36 Å². The fraction of sp³-hybridized carbons (Fsp3) is 0.240. The smallest absolute Gasteiger partial charge is 0.254 e. The second kappa shape index (κ2) is 9.04. The van der Waals surface area contributed by atoms with Gasteiger partial charge in [0.1, 0.15) is 0 Å². The van der Waals surface area contributed by atoms with E-state index in [9.17, 15) is 4.79 Å². The van der Waals surface area contributed by atoms with Gasteiger partial charge >= 0.3 is 0 Å². The summed E-state index contributed by atoms with van der Waals surface area (Å²) in [5, 5.41) is 9.64. The fourth-order valence-corrected chi connectivity index (χ4v) is 4.97. The average Bonchev–Trinajstić information content (AvgIpc) is 3.59. The standard InChI is InChI=1S/C25H24N4O2S/c1-18-8-6-10-20(16-18)29-23(22-12-7-15-31-22)26-27-25(29)32-17-19-9-2-3-11-21(19)24(30)28-13-4-5-14-28/h2-3,6-12,15-16H,4-5,13-14,17H2,1H3. The van der Waals surface area contributed by atoms with Gasteiger partial charge in [0.05, 0.1) is 12.0 Å². The molecular formula is C25H24N4O2S. The summed E-state index contributed by atoms with van der Waals surface area (Å²) in [4.78, 5) is 15.0. The molecule has 4 aromatic rings. The van der Waals surface area contributed by atoms with Gasteiger partial charge in [0.15, 0.2) is 10.9 Å². The minimum Gasteiger partial charge on any atom is -0.461 e. The fourth-order valence-electron chi connectivity index (χ4n) is 4.02. The predicted molar refractivity (Wildman–Crippen MR) is 125 cm³/mol. The summed E-state index contributed by atoms with van der Waals surface area (Å²) >= 11 is 1.57. The molecule has 1 aliphatic heterocycles. The first-order valence-corrected chi connectivity index (χ1v) is 11.8. The highest BCUT2D eigenvalue weighted by Gasteiger charge is 2.23. The van der Waals surface area contributed by atoms with Crippen LogP contribution in [0.3, 0.4) is 0 Å². The van der Waals surface area contributed by atoms with Crippen molar-refractivity contribution >= 4 is 17.7 Å².